The minimum atomic E-state index is -0.914. The summed E-state index contributed by atoms with van der Waals surface area (Å²) in [6.45, 7) is 4.78. The molecular weight excluding hydrogens is 460 g/mol. The van der Waals surface area contributed by atoms with Crippen LogP contribution in [0, 0.1) is 6.92 Å². The number of amides is 1. The smallest absolute Gasteiger partial charge is 0.287 e. The van der Waals surface area contributed by atoms with Gasteiger partial charge >= 0.3 is 0 Å². The fraction of sp³-hybridized carbons (Fsp3) is 0.321. The molecule has 6 rings (SSSR count). The fourth-order valence-corrected chi connectivity index (χ4v) is 4.93. The first-order chi connectivity index (χ1) is 17.4. The van der Waals surface area contributed by atoms with Crippen LogP contribution in [0.3, 0.4) is 0 Å². The molecule has 1 saturated heterocycles. The zero-order valence-electron chi connectivity index (χ0n) is 20.1. The molecular formula is C28H28N2O6. The zero-order valence-corrected chi connectivity index (χ0v) is 20.1. The Labute approximate surface area is 208 Å². The molecule has 2 aromatic heterocycles. The van der Waals surface area contributed by atoms with Crippen molar-refractivity contribution in [2.24, 2.45) is 0 Å². The summed E-state index contributed by atoms with van der Waals surface area (Å²) in [5.74, 6) is 3.18. The number of fused-ring (bicyclic) bond motifs is 2. The molecule has 0 saturated carbocycles. The topological polar surface area (TPSA) is 97.3 Å². The molecule has 2 N–H and O–H groups in total. The average Bonchev–Trinajstić information content (AvgIpc) is 3.62. The second-order valence-electron chi connectivity index (χ2n) is 9.55. The van der Waals surface area contributed by atoms with Gasteiger partial charge in [-0.2, -0.15) is 0 Å². The van der Waals surface area contributed by atoms with Gasteiger partial charge in [-0.15, -0.1) is 0 Å². The van der Waals surface area contributed by atoms with Gasteiger partial charge in [-0.1, -0.05) is 12.1 Å². The SMILES string of the molecule is Cc1ccc(CN2CCC(O)(c3ccc4oc(C(=O)NCc5ccc6c(c5)OCO6)cc4c3)CC2)o1. The van der Waals surface area contributed by atoms with Crippen molar-refractivity contribution in [3.05, 3.63) is 83.0 Å². The number of hydrogen-bond acceptors (Lipinski definition) is 7. The number of likely N-dealkylation sites (tertiary alicyclic amines) is 1. The predicted molar refractivity (Wildman–Crippen MR) is 132 cm³/mol. The Balaban J connectivity index is 1.10. The normalized spacial score (nSPS) is 16.9. The molecule has 0 bridgehead atoms. The lowest BCUT2D eigenvalue weighted by Crippen LogP contribution is -2.42. The standard InChI is InChI=1S/C28H28N2O6/c1-18-2-5-22(35-18)16-30-10-8-28(32,9-11-30)21-4-7-23-20(13-21)14-26(36-23)27(31)29-15-19-3-6-24-25(12-19)34-17-33-24/h2-7,12-14,32H,8-11,15-17H2,1H3,(H,29,31). The van der Waals surface area contributed by atoms with Gasteiger partial charge in [0, 0.05) is 25.0 Å². The van der Waals surface area contributed by atoms with E-state index in [4.69, 9.17) is 18.3 Å². The molecule has 2 aliphatic heterocycles. The van der Waals surface area contributed by atoms with E-state index in [1.807, 2.05) is 55.5 Å². The minimum absolute atomic E-state index is 0.212. The number of hydrogen-bond donors (Lipinski definition) is 2. The first kappa shape index (κ1) is 22.7. The highest BCUT2D eigenvalue weighted by molar-refractivity contribution is 5.96. The third-order valence-corrected chi connectivity index (χ3v) is 7.03. The van der Waals surface area contributed by atoms with Crippen LogP contribution in [0.15, 0.2) is 63.4 Å². The van der Waals surface area contributed by atoms with Gasteiger partial charge in [0.1, 0.15) is 17.1 Å². The van der Waals surface area contributed by atoms with E-state index < -0.39 is 5.60 Å². The van der Waals surface area contributed by atoms with Crippen molar-refractivity contribution in [2.75, 3.05) is 19.9 Å². The Hall–Kier alpha value is -3.75. The van der Waals surface area contributed by atoms with Crippen LogP contribution in [-0.4, -0.2) is 35.8 Å². The third kappa shape index (κ3) is 4.45. The van der Waals surface area contributed by atoms with Gasteiger partial charge < -0.3 is 28.7 Å². The Morgan fingerprint density at radius 1 is 1.00 bits per heavy atom. The van der Waals surface area contributed by atoms with E-state index in [9.17, 15) is 9.90 Å². The number of piperidine rings is 1. The molecule has 0 unspecified atom stereocenters. The molecule has 0 atom stereocenters. The molecule has 36 heavy (non-hydrogen) atoms. The quantitative estimate of drug-likeness (QED) is 0.413. The van der Waals surface area contributed by atoms with E-state index >= 15 is 0 Å². The zero-order chi connectivity index (χ0) is 24.7. The molecule has 186 valence electrons. The average molecular weight is 489 g/mol. The van der Waals surface area contributed by atoms with E-state index in [2.05, 4.69) is 10.2 Å². The molecule has 8 nitrogen and oxygen atoms in total. The van der Waals surface area contributed by atoms with Gasteiger partial charge in [-0.3, -0.25) is 9.69 Å². The van der Waals surface area contributed by atoms with Gasteiger partial charge in [-0.05, 0) is 73.4 Å². The van der Waals surface area contributed by atoms with Crippen LogP contribution >= 0.6 is 0 Å². The van der Waals surface area contributed by atoms with E-state index in [1.165, 1.54) is 0 Å². The lowest BCUT2D eigenvalue weighted by atomic mass is 9.84. The molecule has 1 fully saturated rings. The van der Waals surface area contributed by atoms with Crippen molar-refractivity contribution in [3.63, 3.8) is 0 Å². The second-order valence-corrected chi connectivity index (χ2v) is 9.55. The number of aryl methyl sites for hydroxylation is 1. The first-order valence-corrected chi connectivity index (χ1v) is 12.2. The molecule has 0 radical (unpaired) electrons. The minimum Gasteiger partial charge on any atom is -0.465 e. The Kier molecular flexibility index (Phi) is 5.70. The predicted octanol–water partition coefficient (Wildman–Crippen LogP) is 4.48. The summed E-state index contributed by atoms with van der Waals surface area (Å²) in [7, 11) is 0. The maximum absolute atomic E-state index is 12.7. The van der Waals surface area contributed by atoms with Crippen molar-refractivity contribution in [1.29, 1.82) is 0 Å². The number of nitrogens with one attached hydrogen (secondary N) is 1. The molecule has 4 aromatic rings. The van der Waals surface area contributed by atoms with E-state index in [1.54, 1.807) is 6.07 Å². The maximum atomic E-state index is 12.7. The summed E-state index contributed by atoms with van der Waals surface area (Å²) in [6.07, 6.45) is 1.25. The number of furan rings is 2. The molecule has 4 heterocycles. The van der Waals surface area contributed by atoms with Crippen molar-refractivity contribution >= 4 is 16.9 Å². The summed E-state index contributed by atoms with van der Waals surface area (Å²) in [5, 5.41) is 15.1. The van der Waals surface area contributed by atoms with Crippen LogP contribution in [0.5, 0.6) is 11.5 Å². The lowest BCUT2D eigenvalue weighted by molar-refractivity contribution is -0.0288. The first-order valence-electron chi connectivity index (χ1n) is 12.2. The Bertz CT molecular complexity index is 1410. The number of carbonyl (C=O) groups is 1. The summed E-state index contributed by atoms with van der Waals surface area (Å²) in [5.41, 5.74) is 1.45. The van der Waals surface area contributed by atoms with Gasteiger partial charge in [-0.25, -0.2) is 0 Å². The number of nitrogens with zero attached hydrogens (tertiary/aromatic N) is 1. The van der Waals surface area contributed by atoms with Gasteiger partial charge in [0.25, 0.3) is 5.91 Å². The van der Waals surface area contributed by atoms with Crippen LogP contribution in [0.1, 0.15) is 46.0 Å². The van der Waals surface area contributed by atoms with Gasteiger partial charge in [0.2, 0.25) is 6.79 Å². The maximum Gasteiger partial charge on any atom is 0.287 e. The van der Waals surface area contributed by atoms with E-state index in [-0.39, 0.29) is 18.5 Å². The van der Waals surface area contributed by atoms with Gasteiger partial charge in [0.05, 0.1) is 12.1 Å². The van der Waals surface area contributed by atoms with Crippen molar-refractivity contribution in [1.82, 2.24) is 10.2 Å². The highest BCUT2D eigenvalue weighted by Crippen LogP contribution is 2.36. The van der Waals surface area contributed by atoms with Crippen molar-refractivity contribution in [2.45, 2.75) is 38.5 Å². The molecule has 1 amide bonds. The summed E-state index contributed by atoms with van der Waals surface area (Å²) in [6, 6.07) is 16.9. The highest BCUT2D eigenvalue weighted by atomic mass is 16.7. The van der Waals surface area contributed by atoms with E-state index in [0.717, 1.165) is 47.7 Å². The Morgan fingerprint density at radius 2 is 1.83 bits per heavy atom. The van der Waals surface area contributed by atoms with Crippen molar-refractivity contribution < 1.29 is 28.2 Å². The fourth-order valence-electron chi connectivity index (χ4n) is 4.93. The summed E-state index contributed by atoms with van der Waals surface area (Å²) in [4.78, 5) is 15.0. The largest absolute Gasteiger partial charge is 0.465 e. The monoisotopic (exact) mass is 488 g/mol. The van der Waals surface area contributed by atoms with Crippen LogP contribution in [0.4, 0.5) is 0 Å². The second kappa shape index (κ2) is 9.04. The number of benzene rings is 2. The van der Waals surface area contributed by atoms with E-state index in [0.29, 0.717) is 36.5 Å². The molecule has 2 aromatic carbocycles. The molecule has 0 spiro atoms. The summed E-state index contributed by atoms with van der Waals surface area (Å²) < 4.78 is 22.2. The summed E-state index contributed by atoms with van der Waals surface area (Å²) >= 11 is 0. The number of ether oxygens (including phenoxy) is 2. The third-order valence-electron chi connectivity index (χ3n) is 7.03. The molecule has 2 aliphatic rings. The highest BCUT2D eigenvalue weighted by Gasteiger charge is 2.34. The van der Waals surface area contributed by atoms with Crippen LogP contribution in [0.25, 0.3) is 11.0 Å². The Morgan fingerprint density at radius 3 is 2.64 bits per heavy atom. The van der Waals surface area contributed by atoms with Gasteiger partial charge in [0.15, 0.2) is 17.3 Å². The number of rotatable bonds is 6. The lowest BCUT2D eigenvalue weighted by Gasteiger charge is -2.38. The molecule has 0 aliphatic carbocycles. The van der Waals surface area contributed by atoms with Crippen molar-refractivity contribution in [3.8, 4) is 11.5 Å². The number of carbonyl (C=O) groups excluding carboxylic acids is 1. The van der Waals surface area contributed by atoms with Crippen LogP contribution < -0.4 is 14.8 Å². The van der Waals surface area contributed by atoms with Crippen LogP contribution in [-0.2, 0) is 18.7 Å². The van der Waals surface area contributed by atoms with Crippen LogP contribution in [0.2, 0.25) is 0 Å². The number of aliphatic hydroxyl groups is 1. The molecule has 8 heteroatoms.